The maximum atomic E-state index is 13.1. The summed E-state index contributed by atoms with van der Waals surface area (Å²) < 4.78 is 11.1. The van der Waals surface area contributed by atoms with Crippen molar-refractivity contribution in [1.82, 2.24) is 5.32 Å². The number of rotatable bonds is 44. The summed E-state index contributed by atoms with van der Waals surface area (Å²) in [6, 6.07) is -1.01. The summed E-state index contributed by atoms with van der Waals surface area (Å²) in [5.74, 6) is -0.636. The normalized spacial score (nSPS) is 20.9. The molecule has 0 aromatic rings. The minimum absolute atomic E-state index is 0.292. The van der Waals surface area contributed by atoms with E-state index in [-0.39, 0.29) is 6.61 Å². The predicted octanol–water partition coefficient (Wildman–Crippen LogP) is 11.3. The molecule has 1 amide bonds. The highest BCUT2D eigenvalue weighted by molar-refractivity contribution is 5.80. The smallest absolute Gasteiger partial charge is 0.249 e. The lowest BCUT2D eigenvalue weighted by molar-refractivity contribution is -0.302. The third-order valence-corrected chi connectivity index (χ3v) is 12.4. The van der Waals surface area contributed by atoms with E-state index in [1.165, 1.54) is 128 Å². The monoisotopic (exact) mass is 918 g/mol. The lowest BCUT2D eigenvalue weighted by atomic mass is 9.99. The van der Waals surface area contributed by atoms with Gasteiger partial charge in [0.1, 0.15) is 30.5 Å². The Kier molecular flexibility index (Phi) is 41.5. The molecule has 378 valence electrons. The van der Waals surface area contributed by atoms with Crippen LogP contribution >= 0.6 is 0 Å². The van der Waals surface area contributed by atoms with Crippen molar-refractivity contribution in [2.75, 3.05) is 13.2 Å². The molecule has 1 fully saturated rings. The van der Waals surface area contributed by atoms with Crippen molar-refractivity contribution >= 4 is 5.91 Å². The van der Waals surface area contributed by atoms with Crippen LogP contribution in [0.15, 0.2) is 60.8 Å². The highest BCUT2D eigenvalue weighted by atomic mass is 16.7. The number of nitrogens with one attached hydrogen (secondary N) is 1. The van der Waals surface area contributed by atoms with Gasteiger partial charge in [-0.05, 0) is 77.0 Å². The zero-order valence-corrected chi connectivity index (χ0v) is 41.3. The summed E-state index contributed by atoms with van der Waals surface area (Å²) in [7, 11) is 0. The van der Waals surface area contributed by atoms with E-state index in [1.54, 1.807) is 6.08 Å². The Morgan fingerprint density at radius 2 is 0.954 bits per heavy atom. The van der Waals surface area contributed by atoms with Gasteiger partial charge in [0.15, 0.2) is 6.29 Å². The third kappa shape index (κ3) is 33.9. The molecule has 1 rings (SSSR count). The minimum Gasteiger partial charge on any atom is -0.394 e. The zero-order chi connectivity index (χ0) is 47.4. The van der Waals surface area contributed by atoms with Gasteiger partial charge < -0.3 is 45.4 Å². The second kappa shape index (κ2) is 44.4. The summed E-state index contributed by atoms with van der Waals surface area (Å²) in [6.07, 6.45) is 48.8. The van der Waals surface area contributed by atoms with E-state index in [2.05, 4.69) is 67.8 Å². The van der Waals surface area contributed by atoms with Crippen molar-refractivity contribution in [2.45, 2.75) is 268 Å². The molecule has 65 heavy (non-hydrogen) atoms. The topological polar surface area (TPSA) is 169 Å². The largest absolute Gasteiger partial charge is 0.394 e. The van der Waals surface area contributed by atoms with E-state index >= 15 is 0 Å². The number of aliphatic hydroxyl groups is 6. The standard InChI is InChI=1S/C55H99NO9/c1-3-5-7-9-11-13-15-17-19-21-22-23-24-25-26-27-28-30-32-34-36-38-40-42-44-49(59)54(63)56-47(46-64-55-53(62)52(61)51(60)50(45-57)65-55)48(58)43-41-39-37-35-33-31-29-20-18-16-14-12-10-8-6-4-2/h18,20,22-23,25-26,33,35,41,43,47-53,55,57-62H,3-17,19,21,24,27-32,34,36-40,42,44-46H2,1-2H3,(H,56,63)/b20-18+,23-22-,26-25-,35-33+,43-41+. The maximum Gasteiger partial charge on any atom is 0.249 e. The number of aliphatic hydroxyl groups excluding tert-OH is 6. The molecular formula is C55H99NO9. The molecule has 0 radical (unpaired) electrons. The van der Waals surface area contributed by atoms with Gasteiger partial charge in [0.25, 0.3) is 0 Å². The zero-order valence-electron chi connectivity index (χ0n) is 41.3. The molecule has 7 N–H and O–H groups in total. The molecule has 1 aliphatic heterocycles. The van der Waals surface area contributed by atoms with Crippen molar-refractivity contribution in [2.24, 2.45) is 0 Å². The van der Waals surface area contributed by atoms with Crippen molar-refractivity contribution in [1.29, 1.82) is 0 Å². The van der Waals surface area contributed by atoms with Gasteiger partial charge in [-0.2, -0.15) is 0 Å². The van der Waals surface area contributed by atoms with Gasteiger partial charge in [0.05, 0.1) is 25.4 Å². The summed E-state index contributed by atoms with van der Waals surface area (Å²) in [4.78, 5) is 13.1. The Balaban J connectivity index is 2.35. The van der Waals surface area contributed by atoms with Crippen LogP contribution in [0.4, 0.5) is 0 Å². The van der Waals surface area contributed by atoms with Crippen molar-refractivity contribution in [3.63, 3.8) is 0 Å². The molecule has 8 unspecified atom stereocenters. The van der Waals surface area contributed by atoms with Crippen LogP contribution in [0.2, 0.25) is 0 Å². The molecule has 1 aliphatic rings. The predicted molar refractivity (Wildman–Crippen MR) is 268 cm³/mol. The fourth-order valence-electron chi connectivity index (χ4n) is 8.05. The van der Waals surface area contributed by atoms with Crippen LogP contribution in [-0.4, -0.2) is 98.7 Å². The molecule has 0 saturated carbocycles. The van der Waals surface area contributed by atoms with E-state index < -0.39 is 61.5 Å². The first-order chi connectivity index (χ1) is 31.8. The first kappa shape index (κ1) is 60.9. The Labute approximate surface area is 397 Å². The van der Waals surface area contributed by atoms with Crippen LogP contribution in [0.5, 0.6) is 0 Å². The fourth-order valence-corrected chi connectivity index (χ4v) is 8.05. The molecule has 1 saturated heterocycles. The van der Waals surface area contributed by atoms with Gasteiger partial charge in [-0.1, -0.05) is 203 Å². The number of unbranched alkanes of at least 4 members (excludes halogenated alkanes) is 25. The van der Waals surface area contributed by atoms with Gasteiger partial charge >= 0.3 is 0 Å². The van der Waals surface area contributed by atoms with Crippen LogP contribution in [0.3, 0.4) is 0 Å². The summed E-state index contributed by atoms with van der Waals surface area (Å²) in [5, 5.41) is 64.8. The molecule has 0 spiro atoms. The Morgan fingerprint density at radius 1 is 0.538 bits per heavy atom. The molecule has 10 heteroatoms. The molecule has 0 bridgehead atoms. The van der Waals surface area contributed by atoms with Crippen LogP contribution in [0.1, 0.15) is 219 Å². The quantitative estimate of drug-likeness (QED) is 0.0232. The van der Waals surface area contributed by atoms with E-state index in [9.17, 15) is 35.4 Å². The number of allylic oxidation sites excluding steroid dienone is 9. The third-order valence-electron chi connectivity index (χ3n) is 12.4. The first-order valence-corrected chi connectivity index (χ1v) is 26.6. The average Bonchev–Trinajstić information content (AvgIpc) is 3.31. The Bertz CT molecular complexity index is 1220. The second-order valence-electron chi connectivity index (χ2n) is 18.4. The molecule has 0 aromatic carbocycles. The van der Waals surface area contributed by atoms with Gasteiger partial charge in [0.2, 0.25) is 5.91 Å². The summed E-state index contributed by atoms with van der Waals surface area (Å²) in [5.41, 5.74) is 0. The molecule has 0 aliphatic carbocycles. The lowest BCUT2D eigenvalue weighted by Crippen LogP contribution is -2.60. The Hall–Kier alpha value is -2.15. The van der Waals surface area contributed by atoms with Gasteiger partial charge in [-0.3, -0.25) is 4.79 Å². The van der Waals surface area contributed by atoms with Crippen molar-refractivity contribution in [3.8, 4) is 0 Å². The maximum absolute atomic E-state index is 13.1. The number of ether oxygens (including phenoxy) is 2. The van der Waals surface area contributed by atoms with Crippen LogP contribution in [-0.2, 0) is 14.3 Å². The lowest BCUT2D eigenvalue weighted by Gasteiger charge is -2.40. The molecule has 1 heterocycles. The molecular weight excluding hydrogens is 819 g/mol. The highest BCUT2D eigenvalue weighted by Crippen LogP contribution is 2.23. The number of hydrogen-bond acceptors (Lipinski definition) is 9. The molecule has 0 aromatic heterocycles. The number of amides is 1. The fraction of sp³-hybridized carbons (Fsp3) is 0.800. The van der Waals surface area contributed by atoms with E-state index in [1.807, 2.05) is 6.08 Å². The van der Waals surface area contributed by atoms with Crippen molar-refractivity contribution < 1.29 is 44.9 Å². The van der Waals surface area contributed by atoms with E-state index in [4.69, 9.17) is 9.47 Å². The number of carbonyl (C=O) groups excluding carboxylic acids is 1. The average molecular weight is 918 g/mol. The van der Waals surface area contributed by atoms with Crippen LogP contribution < -0.4 is 5.32 Å². The van der Waals surface area contributed by atoms with Crippen LogP contribution in [0.25, 0.3) is 0 Å². The van der Waals surface area contributed by atoms with Gasteiger partial charge in [0, 0.05) is 0 Å². The minimum atomic E-state index is -1.62. The highest BCUT2D eigenvalue weighted by Gasteiger charge is 2.44. The van der Waals surface area contributed by atoms with Crippen LogP contribution in [0, 0.1) is 0 Å². The summed E-state index contributed by atoms with van der Waals surface area (Å²) >= 11 is 0. The molecule has 8 atom stereocenters. The van der Waals surface area contributed by atoms with Gasteiger partial charge in [-0.25, -0.2) is 0 Å². The van der Waals surface area contributed by atoms with E-state index in [0.29, 0.717) is 19.3 Å². The summed E-state index contributed by atoms with van der Waals surface area (Å²) in [6.45, 7) is 3.58. The van der Waals surface area contributed by atoms with Crippen molar-refractivity contribution in [3.05, 3.63) is 60.8 Å². The molecule has 10 nitrogen and oxygen atoms in total. The second-order valence-corrected chi connectivity index (χ2v) is 18.4. The van der Waals surface area contributed by atoms with Gasteiger partial charge in [-0.15, -0.1) is 0 Å². The Morgan fingerprint density at radius 3 is 1.43 bits per heavy atom. The number of hydrogen-bond donors (Lipinski definition) is 7. The SMILES string of the molecule is CCCCCCCC/C=C/CC/C=C/CC/C=C/C(O)C(COC1OC(CO)C(O)C(O)C1O)NC(=O)C(O)CCCCCCCCCC/C=C\C/C=C\CCCCCCCCCCC. The van der Waals surface area contributed by atoms with E-state index in [0.717, 1.165) is 57.8 Å². The number of carbonyl (C=O) groups is 1. The first-order valence-electron chi connectivity index (χ1n) is 26.6.